The molecule has 0 saturated heterocycles. The smallest absolute Gasteiger partial charge is 0.311 e. The van der Waals surface area contributed by atoms with E-state index in [4.69, 9.17) is 4.52 Å². The number of anilines is 2. The van der Waals surface area contributed by atoms with E-state index in [-0.39, 0.29) is 5.69 Å². The van der Waals surface area contributed by atoms with E-state index in [9.17, 15) is 10.1 Å². The molecular weight excluding hydrogens is 352 g/mol. The van der Waals surface area contributed by atoms with Gasteiger partial charge in [0.05, 0.1) is 10.4 Å². The van der Waals surface area contributed by atoms with Gasteiger partial charge in [0, 0.05) is 9.86 Å². The maximum Gasteiger partial charge on any atom is 0.311 e. The molecule has 7 nitrogen and oxygen atoms in total. The van der Waals surface area contributed by atoms with Crippen LogP contribution in [0.25, 0.3) is 10.9 Å². The topological polar surface area (TPSA) is 94.1 Å². The Morgan fingerprint density at radius 2 is 2.09 bits per heavy atom. The molecular formula is C14H11BrN4O3. The monoisotopic (exact) mass is 362 g/mol. The number of rotatable bonds is 3. The lowest BCUT2D eigenvalue weighted by molar-refractivity contribution is -0.384. The fraction of sp³-hybridized carbons (Fsp3) is 0.143. The third-order valence-electron chi connectivity index (χ3n) is 3.29. The number of aryl methyl sites for hydroxylation is 2. The molecule has 0 amide bonds. The zero-order valence-electron chi connectivity index (χ0n) is 11.8. The first-order chi connectivity index (χ1) is 10.5. The van der Waals surface area contributed by atoms with Crippen molar-refractivity contribution in [1.29, 1.82) is 0 Å². The molecule has 22 heavy (non-hydrogen) atoms. The van der Waals surface area contributed by atoms with Crippen molar-refractivity contribution in [3.63, 3.8) is 0 Å². The first kappa shape index (κ1) is 14.5. The number of pyridine rings is 1. The van der Waals surface area contributed by atoms with Crippen LogP contribution < -0.4 is 5.32 Å². The molecule has 0 fully saturated rings. The van der Waals surface area contributed by atoms with Crippen LogP contribution in [-0.4, -0.2) is 15.1 Å². The quantitative estimate of drug-likeness (QED) is 0.552. The number of aromatic nitrogens is 2. The Bertz CT molecular complexity index is 872. The molecule has 8 heteroatoms. The standard InChI is InChI=1S/C14H11BrN4O3/c1-7-13(8(2)22-18-7)17-14-10-5-9(15)3-4-11(10)16-6-12(14)19(20)21/h3-6H,1-2H3,(H,16,17). The Labute approximate surface area is 133 Å². The van der Waals surface area contributed by atoms with E-state index in [0.29, 0.717) is 33.7 Å². The average Bonchev–Trinajstić information content (AvgIpc) is 2.79. The van der Waals surface area contributed by atoms with Gasteiger partial charge in [-0.15, -0.1) is 0 Å². The summed E-state index contributed by atoms with van der Waals surface area (Å²) in [6.07, 6.45) is 1.25. The van der Waals surface area contributed by atoms with Gasteiger partial charge in [-0.25, -0.2) is 4.98 Å². The second-order valence-electron chi connectivity index (χ2n) is 4.76. The number of halogens is 1. The number of hydrogen-bond acceptors (Lipinski definition) is 6. The number of nitrogens with one attached hydrogen (secondary N) is 1. The van der Waals surface area contributed by atoms with Gasteiger partial charge in [0.1, 0.15) is 23.3 Å². The molecule has 0 aliphatic heterocycles. The zero-order valence-corrected chi connectivity index (χ0v) is 13.3. The van der Waals surface area contributed by atoms with Crippen molar-refractivity contribution in [3.05, 3.63) is 50.4 Å². The van der Waals surface area contributed by atoms with E-state index in [1.54, 1.807) is 26.0 Å². The molecule has 3 rings (SSSR count). The van der Waals surface area contributed by atoms with Crippen LogP contribution in [0.2, 0.25) is 0 Å². The van der Waals surface area contributed by atoms with Crippen LogP contribution in [-0.2, 0) is 0 Å². The highest BCUT2D eigenvalue weighted by Gasteiger charge is 2.21. The summed E-state index contributed by atoms with van der Waals surface area (Å²) in [5.74, 6) is 0.562. The van der Waals surface area contributed by atoms with Gasteiger partial charge < -0.3 is 9.84 Å². The lowest BCUT2D eigenvalue weighted by atomic mass is 10.1. The van der Waals surface area contributed by atoms with Gasteiger partial charge in [-0.2, -0.15) is 0 Å². The van der Waals surface area contributed by atoms with Gasteiger partial charge in [-0.1, -0.05) is 21.1 Å². The SMILES string of the molecule is Cc1noc(C)c1Nc1c([N+](=O)[O-])cnc2ccc(Br)cc12. The van der Waals surface area contributed by atoms with Crippen LogP contribution in [0.1, 0.15) is 11.5 Å². The minimum absolute atomic E-state index is 0.106. The van der Waals surface area contributed by atoms with Crippen molar-refractivity contribution >= 4 is 43.9 Å². The minimum atomic E-state index is -0.464. The van der Waals surface area contributed by atoms with Crippen LogP contribution in [0.5, 0.6) is 0 Å². The molecule has 0 radical (unpaired) electrons. The largest absolute Gasteiger partial charge is 0.359 e. The van der Waals surface area contributed by atoms with Crippen molar-refractivity contribution in [1.82, 2.24) is 10.1 Å². The molecule has 1 aromatic carbocycles. The summed E-state index contributed by atoms with van der Waals surface area (Å²) in [5, 5.41) is 18.9. The molecule has 2 aromatic heterocycles. The van der Waals surface area contributed by atoms with Gasteiger partial charge in [0.15, 0.2) is 5.76 Å². The van der Waals surface area contributed by atoms with Crippen LogP contribution in [0, 0.1) is 24.0 Å². The van der Waals surface area contributed by atoms with Crippen molar-refractivity contribution in [2.24, 2.45) is 0 Å². The summed E-state index contributed by atoms with van der Waals surface area (Å²) in [7, 11) is 0. The van der Waals surface area contributed by atoms with Crippen molar-refractivity contribution in [3.8, 4) is 0 Å². The Hall–Kier alpha value is -2.48. The summed E-state index contributed by atoms with van der Waals surface area (Å²) >= 11 is 3.38. The van der Waals surface area contributed by atoms with E-state index >= 15 is 0 Å². The van der Waals surface area contributed by atoms with Crippen molar-refractivity contribution in [2.45, 2.75) is 13.8 Å². The van der Waals surface area contributed by atoms with E-state index in [1.165, 1.54) is 6.20 Å². The molecule has 0 bridgehead atoms. The minimum Gasteiger partial charge on any atom is -0.359 e. The summed E-state index contributed by atoms with van der Waals surface area (Å²) in [6, 6.07) is 5.42. The lowest BCUT2D eigenvalue weighted by Gasteiger charge is -2.10. The maximum absolute atomic E-state index is 11.3. The third kappa shape index (κ3) is 2.41. The van der Waals surface area contributed by atoms with Gasteiger partial charge >= 0.3 is 5.69 Å². The van der Waals surface area contributed by atoms with Crippen LogP contribution >= 0.6 is 15.9 Å². The maximum atomic E-state index is 11.3. The summed E-state index contributed by atoms with van der Waals surface area (Å²) in [4.78, 5) is 15.0. The second-order valence-corrected chi connectivity index (χ2v) is 5.68. The zero-order chi connectivity index (χ0) is 15.9. The predicted octanol–water partition coefficient (Wildman–Crippen LogP) is 4.25. The van der Waals surface area contributed by atoms with Crippen molar-refractivity contribution in [2.75, 3.05) is 5.32 Å². The van der Waals surface area contributed by atoms with Gasteiger partial charge in [-0.05, 0) is 32.0 Å². The number of benzene rings is 1. The molecule has 3 aromatic rings. The Balaban J connectivity index is 2.27. The summed E-state index contributed by atoms with van der Waals surface area (Å²) in [6.45, 7) is 3.51. The van der Waals surface area contributed by atoms with Gasteiger partial charge in [0.2, 0.25) is 0 Å². The van der Waals surface area contributed by atoms with Crippen LogP contribution in [0.4, 0.5) is 17.1 Å². The lowest BCUT2D eigenvalue weighted by Crippen LogP contribution is -2.00. The fourth-order valence-electron chi connectivity index (χ4n) is 2.21. The molecule has 0 spiro atoms. The molecule has 0 atom stereocenters. The highest BCUT2D eigenvalue weighted by atomic mass is 79.9. The average molecular weight is 363 g/mol. The summed E-state index contributed by atoms with van der Waals surface area (Å²) < 4.78 is 5.91. The van der Waals surface area contributed by atoms with Crippen molar-refractivity contribution < 1.29 is 9.45 Å². The summed E-state index contributed by atoms with van der Waals surface area (Å²) in [5.41, 5.74) is 2.17. The predicted molar refractivity (Wildman–Crippen MR) is 85.4 cm³/mol. The molecule has 2 heterocycles. The van der Waals surface area contributed by atoms with Gasteiger partial charge in [0.25, 0.3) is 0 Å². The Morgan fingerprint density at radius 1 is 1.32 bits per heavy atom. The van der Waals surface area contributed by atoms with E-state index in [0.717, 1.165) is 4.47 Å². The molecule has 0 aliphatic carbocycles. The fourth-order valence-corrected chi connectivity index (χ4v) is 2.57. The van der Waals surface area contributed by atoms with Crippen LogP contribution in [0.3, 0.4) is 0 Å². The Morgan fingerprint density at radius 3 is 2.73 bits per heavy atom. The molecule has 0 saturated carbocycles. The van der Waals surface area contributed by atoms with E-state index < -0.39 is 4.92 Å². The van der Waals surface area contributed by atoms with Crippen LogP contribution in [0.15, 0.2) is 33.4 Å². The first-order valence-electron chi connectivity index (χ1n) is 6.40. The molecule has 1 N–H and O–H groups in total. The number of nitro groups is 1. The molecule has 112 valence electrons. The number of nitrogens with zero attached hydrogens (tertiary/aromatic N) is 3. The molecule has 0 unspecified atom stereocenters. The van der Waals surface area contributed by atoms with Gasteiger partial charge in [-0.3, -0.25) is 10.1 Å². The normalized spacial score (nSPS) is 10.9. The third-order valence-corrected chi connectivity index (χ3v) is 3.78. The Kier molecular flexibility index (Phi) is 3.53. The number of hydrogen-bond donors (Lipinski definition) is 1. The second kappa shape index (κ2) is 5.38. The van der Waals surface area contributed by atoms with E-state index in [2.05, 4.69) is 31.4 Å². The molecule has 0 aliphatic rings. The highest BCUT2D eigenvalue weighted by Crippen LogP contribution is 2.36. The van der Waals surface area contributed by atoms with E-state index in [1.807, 2.05) is 6.07 Å². The number of fused-ring (bicyclic) bond motifs is 1. The highest BCUT2D eigenvalue weighted by molar-refractivity contribution is 9.10. The first-order valence-corrected chi connectivity index (χ1v) is 7.19.